The molecule has 6 heteroatoms. The quantitative estimate of drug-likeness (QED) is 0.837. The molecule has 5 nitrogen and oxygen atoms in total. The lowest BCUT2D eigenvalue weighted by Crippen LogP contribution is -2.35. The van der Waals surface area contributed by atoms with Crippen molar-refractivity contribution in [3.63, 3.8) is 0 Å². The Morgan fingerprint density at radius 3 is 2.80 bits per heavy atom. The minimum absolute atomic E-state index is 0.0627. The molecule has 20 heavy (non-hydrogen) atoms. The summed E-state index contributed by atoms with van der Waals surface area (Å²) in [6.07, 6.45) is 1.32. The number of halogens is 1. The molecule has 2 N–H and O–H groups in total. The van der Waals surface area contributed by atoms with E-state index in [4.69, 9.17) is 16.7 Å². The van der Waals surface area contributed by atoms with E-state index in [2.05, 4.69) is 4.98 Å². The summed E-state index contributed by atoms with van der Waals surface area (Å²) in [4.78, 5) is 26.5. The molecule has 0 aliphatic rings. The Labute approximate surface area is 120 Å². The normalized spacial score (nSPS) is 10.8. The van der Waals surface area contributed by atoms with E-state index in [1.165, 1.54) is 0 Å². The monoisotopic (exact) mass is 294 g/mol. The van der Waals surface area contributed by atoms with Crippen LogP contribution in [-0.2, 0) is 6.42 Å². The first kappa shape index (κ1) is 14.6. The molecule has 106 valence electrons. The van der Waals surface area contributed by atoms with Crippen molar-refractivity contribution in [2.24, 2.45) is 0 Å². The number of nitrogens with zero attached hydrogens (tertiary/aromatic N) is 1. The van der Waals surface area contributed by atoms with Crippen molar-refractivity contribution in [1.29, 1.82) is 0 Å². The van der Waals surface area contributed by atoms with E-state index < -0.39 is 11.2 Å². The highest BCUT2D eigenvalue weighted by Gasteiger charge is 2.10. The van der Waals surface area contributed by atoms with Gasteiger partial charge in [-0.3, -0.25) is 9.78 Å². The van der Waals surface area contributed by atoms with Gasteiger partial charge in [-0.1, -0.05) is 23.7 Å². The standard InChI is InChI=1S/C14H15ClN2O3/c1-9-12(15)16-14(20)17(13(9)19)11-6-2-4-10(8-11)5-3-7-18/h2,4,6,8,18H,3,5,7H2,1H3,(H,16,20). The third kappa shape index (κ3) is 2.84. The number of aromatic nitrogens is 2. The van der Waals surface area contributed by atoms with Crippen molar-refractivity contribution in [3.05, 3.63) is 61.4 Å². The Kier molecular flexibility index (Phi) is 4.42. The second kappa shape index (κ2) is 6.07. The fourth-order valence-corrected chi connectivity index (χ4v) is 2.13. The number of aromatic amines is 1. The predicted molar refractivity (Wildman–Crippen MR) is 77.8 cm³/mol. The van der Waals surface area contributed by atoms with E-state index in [1.54, 1.807) is 25.1 Å². The number of rotatable bonds is 4. The Morgan fingerprint density at radius 2 is 2.10 bits per heavy atom. The van der Waals surface area contributed by atoms with Gasteiger partial charge in [0.1, 0.15) is 5.15 Å². The van der Waals surface area contributed by atoms with Crippen LogP contribution in [0.5, 0.6) is 0 Å². The van der Waals surface area contributed by atoms with Gasteiger partial charge in [0, 0.05) is 6.61 Å². The maximum Gasteiger partial charge on any atom is 0.334 e. The van der Waals surface area contributed by atoms with E-state index in [1.807, 2.05) is 6.07 Å². The van der Waals surface area contributed by atoms with E-state index in [0.29, 0.717) is 24.1 Å². The van der Waals surface area contributed by atoms with Crippen molar-refractivity contribution in [1.82, 2.24) is 9.55 Å². The topological polar surface area (TPSA) is 75.1 Å². The highest BCUT2D eigenvalue weighted by molar-refractivity contribution is 6.30. The molecule has 0 amide bonds. The molecule has 0 spiro atoms. The zero-order chi connectivity index (χ0) is 14.7. The molecule has 0 saturated heterocycles. The lowest BCUT2D eigenvalue weighted by Gasteiger charge is -2.08. The molecule has 0 bridgehead atoms. The van der Waals surface area contributed by atoms with Crippen LogP contribution in [0.2, 0.25) is 5.15 Å². The molecule has 2 rings (SSSR count). The summed E-state index contributed by atoms with van der Waals surface area (Å²) in [7, 11) is 0. The van der Waals surface area contributed by atoms with Gasteiger partial charge >= 0.3 is 5.69 Å². The number of aryl methyl sites for hydroxylation is 1. The molecular weight excluding hydrogens is 280 g/mol. The molecule has 0 aliphatic carbocycles. The highest BCUT2D eigenvalue weighted by Crippen LogP contribution is 2.11. The Hall–Kier alpha value is -1.85. The minimum atomic E-state index is -0.565. The molecule has 0 saturated carbocycles. The van der Waals surface area contributed by atoms with Crippen LogP contribution in [0.25, 0.3) is 5.69 Å². The first-order chi connectivity index (χ1) is 9.54. The van der Waals surface area contributed by atoms with E-state index in [9.17, 15) is 9.59 Å². The summed E-state index contributed by atoms with van der Waals surface area (Å²) in [5.41, 5.74) is 0.747. The second-order valence-corrected chi connectivity index (χ2v) is 4.88. The van der Waals surface area contributed by atoms with Gasteiger partial charge in [-0.05, 0) is 37.5 Å². The molecular formula is C14H15ClN2O3. The summed E-state index contributed by atoms with van der Waals surface area (Å²) < 4.78 is 1.06. The van der Waals surface area contributed by atoms with Crippen LogP contribution < -0.4 is 11.2 Å². The average molecular weight is 295 g/mol. The van der Waals surface area contributed by atoms with Gasteiger partial charge in [0.05, 0.1) is 11.3 Å². The van der Waals surface area contributed by atoms with Crippen LogP contribution in [0.3, 0.4) is 0 Å². The SMILES string of the molecule is Cc1c(Cl)[nH]c(=O)n(-c2cccc(CCCO)c2)c1=O. The van der Waals surface area contributed by atoms with Crippen LogP contribution in [0.15, 0.2) is 33.9 Å². The zero-order valence-corrected chi connectivity index (χ0v) is 11.8. The maximum atomic E-state index is 12.2. The van der Waals surface area contributed by atoms with Crippen molar-refractivity contribution in [2.45, 2.75) is 19.8 Å². The van der Waals surface area contributed by atoms with Crippen LogP contribution in [0.4, 0.5) is 0 Å². The summed E-state index contributed by atoms with van der Waals surface area (Å²) in [6.45, 7) is 1.66. The Morgan fingerprint density at radius 1 is 1.35 bits per heavy atom. The fourth-order valence-electron chi connectivity index (χ4n) is 1.97. The molecule has 0 radical (unpaired) electrons. The molecule has 1 aromatic heterocycles. The van der Waals surface area contributed by atoms with Gasteiger partial charge < -0.3 is 5.11 Å². The third-order valence-electron chi connectivity index (χ3n) is 3.07. The number of hydrogen-bond donors (Lipinski definition) is 2. The van der Waals surface area contributed by atoms with Gasteiger partial charge in [-0.25, -0.2) is 9.36 Å². The number of hydrogen-bond acceptors (Lipinski definition) is 3. The Bertz CT molecular complexity index is 734. The molecule has 2 aromatic rings. The van der Waals surface area contributed by atoms with Crippen LogP contribution in [-0.4, -0.2) is 21.3 Å². The predicted octanol–water partition coefficient (Wildman–Crippen LogP) is 1.41. The van der Waals surface area contributed by atoms with Gasteiger partial charge in [0.15, 0.2) is 0 Å². The number of nitrogens with one attached hydrogen (secondary N) is 1. The lowest BCUT2D eigenvalue weighted by molar-refractivity contribution is 0.288. The van der Waals surface area contributed by atoms with Crippen LogP contribution >= 0.6 is 11.6 Å². The summed E-state index contributed by atoms with van der Waals surface area (Å²) in [5, 5.41) is 8.91. The van der Waals surface area contributed by atoms with E-state index >= 15 is 0 Å². The Balaban J connectivity index is 2.55. The van der Waals surface area contributed by atoms with Crippen molar-refractivity contribution >= 4 is 11.6 Å². The third-order valence-corrected chi connectivity index (χ3v) is 3.44. The number of aliphatic hydroxyl groups is 1. The van der Waals surface area contributed by atoms with E-state index in [0.717, 1.165) is 10.1 Å². The molecule has 1 heterocycles. The zero-order valence-electron chi connectivity index (χ0n) is 11.0. The van der Waals surface area contributed by atoms with Gasteiger partial charge in [-0.2, -0.15) is 0 Å². The molecule has 1 aromatic carbocycles. The van der Waals surface area contributed by atoms with Crippen LogP contribution in [0.1, 0.15) is 17.5 Å². The van der Waals surface area contributed by atoms with Crippen molar-refractivity contribution < 1.29 is 5.11 Å². The molecule has 0 atom stereocenters. The minimum Gasteiger partial charge on any atom is -0.396 e. The average Bonchev–Trinajstić information content (AvgIpc) is 2.43. The smallest absolute Gasteiger partial charge is 0.334 e. The highest BCUT2D eigenvalue weighted by atomic mass is 35.5. The second-order valence-electron chi connectivity index (χ2n) is 4.51. The molecule has 0 fully saturated rings. The summed E-state index contributed by atoms with van der Waals surface area (Å²) in [5.74, 6) is 0. The van der Waals surface area contributed by atoms with Gasteiger partial charge in [0.2, 0.25) is 0 Å². The van der Waals surface area contributed by atoms with Crippen LogP contribution in [0, 0.1) is 6.92 Å². The van der Waals surface area contributed by atoms with Gasteiger partial charge in [0.25, 0.3) is 5.56 Å². The largest absolute Gasteiger partial charge is 0.396 e. The molecule has 0 unspecified atom stereocenters. The number of aliphatic hydroxyl groups excluding tert-OH is 1. The summed E-state index contributed by atoms with van der Waals surface area (Å²) >= 11 is 5.78. The number of benzene rings is 1. The van der Waals surface area contributed by atoms with Crippen molar-refractivity contribution in [3.8, 4) is 5.69 Å². The fraction of sp³-hybridized carbons (Fsp3) is 0.286. The first-order valence-corrected chi connectivity index (χ1v) is 6.64. The molecule has 0 aliphatic heterocycles. The summed E-state index contributed by atoms with van der Waals surface area (Å²) in [6, 6.07) is 7.12. The lowest BCUT2D eigenvalue weighted by atomic mass is 10.1. The van der Waals surface area contributed by atoms with E-state index in [-0.39, 0.29) is 11.8 Å². The maximum absolute atomic E-state index is 12.2. The first-order valence-electron chi connectivity index (χ1n) is 6.26. The van der Waals surface area contributed by atoms with Crippen molar-refractivity contribution in [2.75, 3.05) is 6.61 Å². The van der Waals surface area contributed by atoms with Gasteiger partial charge in [-0.15, -0.1) is 0 Å². The number of H-pyrrole nitrogens is 1.